The molecule has 0 aliphatic heterocycles. The van der Waals surface area contributed by atoms with Crippen LogP contribution in [0.15, 0.2) is 25.3 Å². The Balaban J connectivity index is 1.11. The summed E-state index contributed by atoms with van der Waals surface area (Å²) in [6, 6.07) is 0. The molecule has 6 heteroatoms. The molecule has 4 aliphatic carbocycles. The molecule has 0 heterocycles. The van der Waals surface area contributed by atoms with Crippen LogP contribution in [0.2, 0.25) is 0 Å². The van der Waals surface area contributed by atoms with Crippen molar-refractivity contribution >= 4 is 5.97 Å². The highest BCUT2D eigenvalue weighted by molar-refractivity contribution is 5.81. The zero-order valence-electron chi connectivity index (χ0n) is 26.3. The van der Waals surface area contributed by atoms with Gasteiger partial charge in [0.15, 0.2) is 0 Å². The first-order chi connectivity index (χ1) is 20.5. The number of esters is 1. The highest BCUT2D eigenvalue weighted by Gasteiger charge is 2.46. The predicted molar refractivity (Wildman–Crippen MR) is 166 cm³/mol. The third-order valence-electron chi connectivity index (χ3n) is 11.4. The molecule has 4 saturated carbocycles. The molecule has 0 radical (unpaired) electrons. The molecular formula is C36H59FO5. The van der Waals surface area contributed by atoms with Crippen molar-refractivity contribution in [2.75, 3.05) is 19.8 Å². The van der Waals surface area contributed by atoms with Crippen molar-refractivity contribution in [3.8, 4) is 0 Å². The van der Waals surface area contributed by atoms with Crippen LogP contribution in [0.3, 0.4) is 0 Å². The topological polar surface area (TPSA) is 54.0 Å². The fourth-order valence-electron chi connectivity index (χ4n) is 8.88. The van der Waals surface area contributed by atoms with Gasteiger partial charge in [0.1, 0.15) is 12.8 Å². The Hall–Kier alpha value is -1.24. The van der Waals surface area contributed by atoms with Gasteiger partial charge in [0, 0.05) is 12.7 Å². The Labute approximate surface area is 255 Å². The number of carbonyl (C=O) groups is 1. The standard InChI is InChI=1S/C36H59FO5/c1-3-24-41-42-34-12-8-7-9-21-36(34)22-19-28(20-23-36)30-15-18-32(33(37)27-30)29-13-16-31(17-14-29)39-25-10-5-6-11-26-40-35(38)4-2/h3-4,28-34H,1-2,5-27H2. The Morgan fingerprint density at radius 3 is 2.24 bits per heavy atom. The van der Waals surface area contributed by atoms with Crippen molar-refractivity contribution in [3.63, 3.8) is 0 Å². The Bertz CT molecular complexity index is 801. The summed E-state index contributed by atoms with van der Waals surface area (Å²) in [5, 5.41) is 0. The van der Waals surface area contributed by atoms with E-state index in [1.807, 2.05) is 0 Å². The zero-order chi connectivity index (χ0) is 29.6. The fraction of sp³-hybridized carbons (Fsp3) is 0.861. The molecule has 4 atom stereocenters. The maximum absolute atomic E-state index is 15.7. The Morgan fingerprint density at radius 1 is 0.786 bits per heavy atom. The second-order valence-corrected chi connectivity index (χ2v) is 13.9. The quantitative estimate of drug-likeness (QED) is 0.0475. The van der Waals surface area contributed by atoms with E-state index in [4.69, 9.17) is 19.2 Å². The first-order valence-corrected chi connectivity index (χ1v) is 17.5. The van der Waals surface area contributed by atoms with Gasteiger partial charge in [-0.1, -0.05) is 38.3 Å². The molecule has 240 valence electrons. The molecule has 0 N–H and O–H groups in total. The summed E-state index contributed by atoms with van der Waals surface area (Å²) in [5.74, 6) is 1.69. The van der Waals surface area contributed by atoms with Crippen LogP contribution < -0.4 is 0 Å². The predicted octanol–water partition coefficient (Wildman–Crippen LogP) is 9.25. The molecule has 0 aromatic heterocycles. The average Bonchev–Trinajstić information content (AvgIpc) is 3.21. The van der Waals surface area contributed by atoms with E-state index in [2.05, 4.69) is 13.2 Å². The third kappa shape index (κ3) is 9.89. The SMILES string of the molecule is C=CCOOC1CCCCCC12CCC(C1CCC(C3CCC(OCCCCCCOC(=O)C=C)CC3)C(F)C1)CC2. The van der Waals surface area contributed by atoms with Gasteiger partial charge in [0.2, 0.25) is 0 Å². The normalized spacial score (nSPS) is 35.8. The van der Waals surface area contributed by atoms with Crippen LogP contribution in [0, 0.1) is 29.1 Å². The van der Waals surface area contributed by atoms with Gasteiger partial charge in [-0.25, -0.2) is 19.0 Å². The summed E-state index contributed by atoms with van der Waals surface area (Å²) in [5.41, 5.74) is 0.253. The Morgan fingerprint density at radius 2 is 1.52 bits per heavy atom. The van der Waals surface area contributed by atoms with Crippen LogP contribution in [0.4, 0.5) is 4.39 Å². The van der Waals surface area contributed by atoms with E-state index in [1.165, 1.54) is 63.9 Å². The molecule has 4 unspecified atom stereocenters. The van der Waals surface area contributed by atoms with Gasteiger partial charge < -0.3 is 9.47 Å². The van der Waals surface area contributed by atoms with Crippen LogP contribution in [-0.2, 0) is 24.0 Å². The van der Waals surface area contributed by atoms with Crippen LogP contribution in [0.5, 0.6) is 0 Å². The second kappa shape index (κ2) is 17.9. The van der Waals surface area contributed by atoms with Crippen LogP contribution in [0.25, 0.3) is 0 Å². The minimum absolute atomic E-state index is 0.199. The van der Waals surface area contributed by atoms with Crippen LogP contribution >= 0.6 is 0 Å². The zero-order valence-corrected chi connectivity index (χ0v) is 26.3. The van der Waals surface area contributed by atoms with Gasteiger partial charge in [-0.2, -0.15) is 0 Å². The highest BCUT2D eigenvalue weighted by atomic mass is 19.1. The van der Waals surface area contributed by atoms with E-state index in [0.717, 1.165) is 77.2 Å². The summed E-state index contributed by atoms with van der Waals surface area (Å²) in [4.78, 5) is 22.5. The lowest BCUT2D eigenvalue weighted by Gasteiger charge is -2.47. The molecule has 0 bridgehead atoms. The number of carbonyl (C=O) groups excluding carboxylic acids is 1. The molecular weight excluding hydrogens is 531 g/mol. The number of hydrogen-bond acceptors (Lipinski definition) is 5. The van der Waals surface area contributed by atoms with E-state index in [-0.39, 0.29) is 23.4 Å². The monoisotopic (exact) mass is 590 g/mol. The minimum atomic E-state index is -0.630. The van der Waals surface area contributed by atoms with Crippen molar-refractivity contribution in [3.05, 3.63) is 25.3 Å². The lowest BCUT2D eigenvalue weighted by Crippen LogP contribution is -2.42. The van der Waals surface area contributed by atoms with E-state index < -0.39 is 6.17 Å². The maximum Gasteiger partial charge on any atom is 0.330 e. The van der Waals surface area contributed by atoms with E-state index in [9.17, 15) is 4.79 Å². The molecule has 0 aromatic rings. The van der Waals surface area contributed by atoms with Gasteiger partial charge >= 0.3 is 5.97 Å². The van der Waals surface area contributed by atoms with Crippen LogP contribution in [0.1, 0.15) is 128 Å². The van der Waals surface area contributed by atoms with Crippen molar-refractivity contribution < 1.29 is 28.4 Å². The minimum Gasteiger partial charge on any atom is -0.463 e. The summed E-state index contributed by atoms with van der Waals surface area (Å²) in [6.45, 7) is 8.87. The number of unbranched alkanes of at least 4 members (excludes halogenated alkanes) is 3. The van der Waals surface area contributed by atoms with Gasteiger partial charge in [0.05, 0.1) is 18.8 Å². The molecule has 1 spiro atoms. The number of ether oxygens (including phenoxy) is 2. The van der Waals surface area contributed by atoms with E-state index >= 15 is 4.39 Å². The number of halogens is 1. The van der Waals surface area contributed by atoms with Gasteiger partial charge in [-0.05, 0) is 132 Å². The summed E-state index contributed by atoms with van der Waals surface area (Å²) >= 11 is 0. The van der Waals surface area contributed by atoms with Crippen molar-refractivity contribution in [2.45, 2.75) is 147 Å². The van der Waals surface area contributed by atoms with Gasteiger partial charge in [0.25, 0.3) is 0 Å². The smallest absolute Gasteiger partial charge is 0.330 e. The molecule has 4 fully saturated rings. The molecule has 0 aromatic carbocycles. The molecule has 5 nitrogen and oxygen atoms in total. The Kier molecular flexibility index (Phi) is 14.3. The average molecular weight is 591 g/mol. The van der Waals surface area contributed by atoms with E-state index in [0.29, 0.717) is 37.1 Å². The lowest BCUT2D eigenvalue weighted by molar-refractivity contribution is -0.342. The first kappa shape index (κ1) is 33.6. The molecule has 4 rings (SSSR count). The number of rotatable bonds is 15. The van der Waals surface area contributed by atoms with E-state index in [1.54, 1.807) is 6.08 Å². The summed E-state index contributed by atoms with van der Waals surface area (Å²) in [7, 11) is 0. The van der Waals surface area contributed by atoms with Crippen LogP contribution in [-0.4, -0.2) is 44.2 Å². The highest BCUT2D eigenvalue weighted by Crippen LogP contribution is 2.53. The molecule has 0 saturated heterocycles. The number of hydrogen-bond donors (Lipinski definition) is 0. The third-order valence-corrected chi connectivity index (χ3v) is 11.4. The number of alkyl halides is 1. The lowest BCUT2D eigenvalue weighted by atomic mass is 9.60. The van der Waals surface area contributed by atoms with Gasteiger partial charge in [-0.3, -0.25) is 0 Å². The first-order valence-electron chi connectivity index (χ1n) is 17.5. The fourth-order valence-corrected chi connectivity index (χ4v) is 8.88. The van der Waals surface area contributed by atoms with Crippen molar-refractivity contribution in [1.82, 2.24) is 0 Å². The van der Waals surface area contributed by atoms with Crippen molar-refractivity contribution in [2.24, 2.45) is 29.1 Å². The second-order valence-electron chi connectivity index (χ2n) is 13.9. The summed E-state index contributed by atoms with van der Waals surface area (Å²) < 4.78 is 26.9. The van der Waals surface area contributed by atoms with Gasteiger partial charge in [-0.15, -0.1) is 6.58 Å². The summed E-state index contributed by atoms with van der Waals surface area (Å²) in [6.07, 6.45) is 25.5. The maximum atomic E-state index is 15.7. The molecule has 4 aliphatic rings. The molecule has 42 heavy (non-hydrogen) atoms. The van der Waals surface area contributed by atoms with Crippen molar-refractivity contribution in [1.29, 1.82) is 0 Å². The largest absolute Gasteiger partial charge is 0.463 e. The molecule has 0 amide bonds.